The van der Waals surface area contributed by atoms with E-state index in [4.69, 9.17) is 12.2 Å². The number of hydrogen-bond acceptors (Lipinski definition) is 5. The van der Waals surface area contributed by atoms with Crippen LogP contribution in [-0.4, -0.2) is 21.9 Å². The second-order valence-electron chi connectivity index (χ2n) is 3.98. The van der Waals surface area contributed by atoms with Crippen LogP contribution in [-0.2, 0) is 4.79 Å². The average molecular weight is 310 g/mol. The molecule has 0 bridgehead atoms. The summed E-state index contributed by atoms with van der Waals surface area (Å²) >= 11 is 4.81. The van der Waals surface area contributed by atoms with Crippen molar-refractivity contribution in [2.45, 2.75) is 19.8 Å². The molecule has 9 heteroatoms. The molecule has 1 aromatic carbocycles. The zero-order valence-corrected chi connectivity index (χ0v) is 12.0. The molecule has 1 rings (SSSR count). The highest BCUT2D eigenvalue weighted by atomic mass is 32.1. The van der Waals surface area contributed by atoms with Gasteiger partial charge >= 0.3 is 0 Å². The Morgan fingerprint density at radius 1 is 1.29 bits per heavy atom. The molecule has 0 radical (unpaired) electrons. The molecule has 0 aliphatic heterocycles. The molecular weight excluding hydrogens is 296 g/mol. The monoisotopic (exact) mass is 310 g/mol. The van der Waals surface area contributed by atoms with Gasteiger partial charge in [-0.1, -0.05) is 19.1 Å². The van der Waals surface area contributed by atoms with Crippen molar-refractivity contribution in [3.63, 3.8) is 0 Å². The molecule has 0 fully saturated rings. The van der Waals surface area contributed by atoms with Crippen molar-refractivity contribution in [2.75, 3.05) is 0 Å². The Kier molecular flexibility index (Phi) is 6.21. The maximum absolute atomic E-state index is 11.8. The molecule has 0 unspecified atom stereocenters. The van der Waals surface area contributed by atoms with Gasteiger partial charge in [-0.25, -0.2) is 0 Å². The van der Waals surface area contributed by atoms with Crippen molar-refractivity contribution in [3.05, 3.63) is 39.9 Å². The lowest BCUT2D eigenvalue weighted by molar-refractivity contribution is -0.385. The van der Waals surface area contributed by atoms with Gasteiger partial charge in [0, 0.05) is 12.5 Å². The van der Waals surface area contributed by atoms with E-state index >= 15 is 0 Å². The van der Waals surface area contributed by atoms with Crippen molar-refractivity contribution in [3.8, 4) is 0 Å². The van der Waals surface area contributed by atoms with Crippen LogP contribution in [0.4, 0.5) is 5.69 Å². The first kappa shape index (κ1) is 16.5. The number of rotatable bonds is 4. The van der Waals surface area contributed by atoms with Crippen LogP contribution >= 0.6 is 12.2 Å². The summed E-state index contributed by atoms with van der Waals surface area (Å²) in [7, 11) is 0. The summed E-state index contributed by atoms with van der Waals surface area (Å²) in [5, 5.41) is 13.1. The van der Waals surface area contributed by atoms with Crippen LogP contribution in [0.5, 0.6) is 0 Å². The number of nitrogens with zero attached hydrogens (tertiary/aromatic N) is 1. The molecule has 3 N–H and O–H groups in total. The van der Waals surface area contributed by atoms with E-state index in [9.17, 15) is 19.7 Å². The fourth-order valence-electron chi connectivity index (χ4n) is 1.45. The van der Waals surface area contributed by atoms with Gasteiger partial charge in [0.25, 0.3) is 11.6 Å². The van der Waals surface area contributed by atoms with Crippen molar-refractivity contribution >= 4 is 34.8 Å². The number of nitro benzene ring substituents is 1. The summed E-state index contributed by atoms with van der Waals surface area (Å²) < 4.78 is 0. The lowest BCUT2D eigenvalue weighted by atomic mass is 10.2. The number of carbonyl (C=O) groups excluding carboxylic acids is 2. The lowest BCUT2D eigenvalue weighted by Gasteiger charge is -2.10. The SMILES string of the molecule is CCCC(=O)NC(=S)NNC(=O)c1ccccc1[N+](=O)[O-]. The molecule has 8 nitrogen and oxygen atoms in total. The van der Waals surface area contributed by atoms with Gasteiger partial charge in [-0.3, -0.25) is 30.6 Å². The van der Waals surface area contributed by atoms with Crippen molar-refractivity contribution in [1.29, 1.82) is 0 Å². The highest BCUT2D eigenvalue weighted by Crippen LogP contribution is 2.16. The van der Waals surface area contributed by atoms with E-state index in [0.29, 0.717) is 12.8 Å². The number of thiocarbonyl (C=S) groups is 1. The third kappa shape index (κ3) is 5.15. The van der Waals surface area contributed by atoms with Gasteiger partial charge in [-0.2, -0.15) is 0 Å². The minimum Gasteiger partial charge on any atom is -0.302 e. The number of carbonyl (C=O) groups is 2. The van der Waals surface area contributed by atoms with Gasteiger partial charge in [-0.15, -0.1) is 0 Å². The zero-order valence-electron chi connectivity index (χ0n) is 11.2. The third-order valence-corrected chi connectivity index (χ3v) is 2.57. The first-order chi connectivity index (χ1) is 9.95. The van der Waals surface area contributed by atoms with Crippen LogP contribution in [0.15, 0.2) is 24.3 Å². The fraction of sp³-hybridized carbons (Fsp3) is 0.250. The number of para-hydroxylation sites is 1. The van der Waals surface area contributed by atoms with E-state index in [2.05, 4.69) is 16.2 Å². The predicted octanol–water partition coefficient (Wildman–Crippen LogP) is 1.03. The van der Waals surface area contributed by atoms with Crippen LogP contribution in [0.2, 0.25) is 0 Å². The Morgan fingerprint density at radius 2 is 1.95 bits per heavy atom. The molecule has 0 atom stereocenters. The Labute approximate surface area is 126 Å². The van der Waals surface area contributed by atoms with E-state index in [1.165, 1.54) is 24.3 Å². The van der Waals surface area contributed by atoms with Gasteiger partial charge in [0.1, 0.15) is 5.56 Å². The summed E-state index contributed by atoms with van der Waals surface area (Å²) in [5.41, 5.74) is 4.07. The average Bonchev–Trinajstić information content (AvgIpc) is 2.44. The zero-order chi connectivity index (χ0) is 15.8. The highest BCUT2D eigenvalue weighted by molar-refractivity contribution is 7.80. The van der Waals surface area contributed by atoms with Crippen molar-refractivity contribution in [1.82, 2.24) is 16.2 Å². The molecule has 21 heavy (non-hydrogen) atoms. The maximum Gasteiger partial charge on any atom is 0.282 e. The Bertz CT molecular complexity index is 576. The van der Waals surface area contributed by atoms with Crippen molar-refractivity contribution in [2.24, 2.45) is 0 Å². The third-order valence-electron chi connectivity index (χ3n) is 2.36. The highest BCUT2D eigenvalue weighted by Gasteiger charge is 2.19. The van der Waals surface area contributed by atoms with Gasteiger partial charge in [0.05, 0.1) is 4.92 Å². The fourth-order valence-corrected chi connectivity index (χ4v) is 1.62. The Balaban J connectivity index is 2.60. The molecular formula is C12H14N4O4S. The van der Waals surface area contributed by atoms with E-state index in [1.54, 1.807) is 0 Å². The second kappa shape index (κ2) is 7.90. The normalized spacial score (nSPS) is 9.57. The van der Waals surface area contributed by atoms with E-state index in [-0.39, 0.29) is 22.3 Å². The van der Waals surface area contributed by atoms with Gasteiger partial charge < -0.3 is 5.32 Å². The number of nitro groups is 1. The van der Waals surface area contributed by atoms with Gasteiger partial charge in [-0.05, 0) is 24.7 Å². The summed E-state index contributed by atoms with van der Waals surface area (Å²) in [5.74, 6) is -1.01. The molecule has 1 aromatic rings. The Hall–Kier alpha value is -2.55. The Morgan fingerprint density at radius 3 is 2.57 bits per heavy atom. The molecule has 2 amide bonds. The van der Waals surface area contributed by atoms with Crippen molar-refractivity contribution < 1.29 is 14.5 Å². The molecule has 0 spiro atoms. The maximum atomic E-state index is 11.8. The van der Waals surface area contributed by atoms with Crippen LogP contribution in [0.25, 0.3) is 0 Å². The largest absolute Gasteiger partial charge is 0.302 e. The predicted molar refractivity (Wildman–Crippen MR) is 79.3 cm³/mol. The minimum atomic E-state index is -0.727. The number of nitrogens with one attached hydrogen (secondary N) is 3. The first-order valence-corrected chi connectivity index (χ1v) is 6.50. The quantitative estimate of drug-likeness (QED) is 0.435. The van der Waals surface area contributed by atoms with E-state index in [0.717, 1.165) is 0 Å². The number of amides is 2. The topological polar surface area (TPSA) is 113 Å². The minimum absolute atomic E-state index is 0.0830. The molecule has 112 valence electrons. The smallest absolute Gasteiger partial charge is 0.282 e. The number of hydrogen-bond donors (Lipinski definition) is 3. The molecule has 0 saturated heterocycles. The summed E-state index contributed by atoms with van der Waals surface area (Å²) in [4.78, 5) is 33.3. The molecule has 0 heterocycles. The van der Waals surface area contributed by atoms with E-state index < -0.39 is 10.8 Å². The lowest BCUT2D eigenvalue weighted by Crippen LogP contribution is -2.48. The number of benzene rings is 1. The second-order valence-corrected chi connectivity index (χ2v) is 4.39. The summed E-state index contributed by atoms with van der Waals surface area (Å²) in [6.45, 7) is 1.84. The van der Waals surface area contributed by atoms with Crippen LogP contribution in [0.3, 0.4) is 0 Å². The van der Waals surface area contributed by atoms with Crippen LogP contribution in [0, 0.1) is 10.1 Å². The van der Waals surface area contributed by atoms with E-state index in [1.807, 2.05) is 6.92 Å². The molecule has 0 aliphatic rings. The summed E-state index contributed by atoms with van der Waals surface area (Å²) in [6, 6.07) is 5.49. The number of hydrazine groups is 1. The van der Waals surface area contributed by atoms with Crippen LogP contribution in [0.1, 0.15) is 30.1 Å². The molecule has 0 saturated carbocycles. The first-order valence-electron chi connectivity index (χ1n) is 6.09. The standard InChI is InChI=1S/C12H14N4O4S/c1-2-5-10(17)13-12(21)15-14-11(18)8-6-3-4-7-9(8)16(19)20/h3-4,6-7H,2,5H2,1H3,(H,14,18)(H2,13,15,17,21). The van der Waals surface area contributed by atoms with Gasteiger partial charge in [0.15, 0.2) is 5.11 Å². The molecule has 0 aliphatic carbocycles. The van der Waals surface area contributed by atoms with Gasteiger partial charge in [0.2, 0.25) is 5.91 Å². The van der Waals surface area contributed by atoms with Crippen LogP contribution < -0.4 is 16.2 Å². The summed E-state index contributed by atoms with van der Waals surface area (Å²) in [6.07, 6.45) is 0.969. The molecule has 0 aromatic heterocycles.